The van der Waals surface area contributed by atoms with Crippen LogP contribution in [-0.2, 0) is 16.6 Å². The lowest BCUT2D eigenvalue weighted by atomic mass is 9.94. The van der Waals surface area contributed by atoms with Gasteiger partial charge in [0.25, 0.3) is 0 Å². The lowest BCUT2D eigenvalue weighted by molar-refractivity contribution is 0.222. The van der Waals surface area contributed by atoms with Crippen LogP contribution in [0.4, 0.5) is 0 Å². The molecule has 1 saturated heterocycles. The van der Waals surface area contributed by atoms with Gasteiger partial charge in [0.15, 0.2) is 0 Å². The van der Waals surface area contributed by atoms with Crippen molar-refractivity contribution in [2.75, 3.05) is 13.1 Å². The number of nitrogens with zero attached hydrogens (tertiary/aromatic N) is 3. The Kier molecular flexibility index (Phi) is 4.01. The van der Waals surface area contributed by atoms with E-state index in [0.717, 1.165) is 6.42 Å². The first-order valence-corrected chi connectivity index (χ1v) is 8.32. The van der Waals surface area contributed by atoms with E-state index in [4.69, 9.17) is 0 Å². The third-order valence-electron chi connectivity index (χ3n) is 3.68. The highest BCUT2D eigenvalue weighted by Gasteiger charge is 2.33. The lowest BCUT2D eigenvalue weighted by Gasteiger charge is -2.33. The number of aromatic nitrogens is 2. The highest BCUT2D eigenvalue weighted by atomic mass is 32.2. The fourth-order valence-electron chi connectivity index (χ4n) is 2.86. The maximum absolute atomic E-state index is 12.7. The minimum absolute atomic E-state index is 0.357. The molecule has 19 heavy (non-hydrogen) atoms. The monoisotopic (exact) mass is 285 g/mol. The van der Waals surface area contributed by atoms with Gasteiger partial charge >= 0.3 is 0 Å². The van der Waals surface area contributed by atoms with Crippen LogP contribution in [0.25, 0.3) is 0 Å². The molecule has 1 aliphatic rings. The second kappa shape index (κ2) is 5.25. The third-order valence-corrected chi connectivity index (χ3v) is 5.61. The summed E-state index contributed by atoms with van der Waals surface area (Å²) in [6.45, 7) is 9.85. The topological polar surface area (TPSA) is 55.2 Å². The average Bonchev–Trinajstić information content (AvgIpc) is 2.70. The number of hydrogen-bond donors (Lipinski definition) is 0. The number of piperidine rings is 1. The van der Waals surface area contributed by atoms with Gasteiger partial charge in [-0.1, -0.05) is 13.8 Å². The largest absolute Gasteiger partial charge is 0.271 e. The summed E-state index contributed by atoms with van der Waals surface area (Å²) in [6.07, 6.45) is 2.74. The van der Waals surface area contributed by atoms with Crippen LogP contribution in [0.15, 0.2) is 11.1 Å². The fraction of sp³-hybridized carbons (Fsp3) is 0.769. The van der Waals surface area contributed by atoms with Crippen LogP contribution in [-0.4, -0.2) is 35.6 Å². The highest BCUT2D eigenvalue weighted by molar-refractivity contribution is 7.89. The normalized spacial score (nSPS) is 25.7. The van der Waals surface area contributed by atoms with E-state index in [9.17, 15) is 8.42 Å². The molecule has 2 heterocycles. The van der Waals surface area contributed by atoms with Crippen molar-refractivity contribution in [3.8, 4) is 0 Å². The third kappa shape index (κ3) is 2.84. The predicted octanol–water partition coefficient (Wildman–Crippen LogP) is 1.88. The zero-order chi connectivity index (χ0) is 14.2. The van der Waals surface area contributed by atoms with Crippen LogP contribution in [0.2, 0.25) is 0 Å². The molecule has 0 bridgehead atoms. The molecular weight excluding hydrogens is 262 g/mol. The van der Waals surface area contributed by atoms with Crippen molar-refractivity contribution in [2.45, 2.75) is 45.6 Å². The van der Waals surface area contributed by atoms with E-state index in [1.807, 2.05) is 6.92 Å². The zero-order valence-electron chi connectivity index (χ0n) is 12.1. The summed E-state index contributed by atoms with van der Waals surface area (Å²) in [6, 6.07) is 0. The Morgan fingerprint density at radius 1 is 1.32 bits per heavy atom. The molecule has 1 fully saturated rings. The molecule has 0 N–H and O–H groups in total. The Labute approximate surface area is 115 Å². The molecule has 1 aliphatic heterocycles. The first-order chi connectivity index (χ1) is 8.84. The molecule has 2 unspecified atom stereocenters. The Hall–Kier alpha value is -0.880. The molecule has 1 aromatic heterocycles. The molecule has 5 nitrogen and oxygen atoms in total. The van der Waals surface area contributed by atoms with Crippen LogP contribution < -0.4 is 0 Å². The van der Waals surface area contributed by atoms with Gasteiger partial charge < -0.3 is 0 Å². The van der Waals surface area contributed by atoms with Crippen LogP contribution in [0.5, 0.6) is 0 Å². The van der Waals surface area contributed by atoms with Gasteiger partial charge in [0, 0.05) is 25.8 Å². The van der Waals surface area contributed by atoms with E-state index in [0.29, 0.717) is 42.1 Å². The van der Waals surface area contributed by atoms with Crippen molar-refractivity contribution < 1.29 is 8.42 Å². The summed E-state index contributed by atoms with van der Waals surface area (Å²) in [4.78, 5) is 0.357. The molecule has 2 rings (SSSR count). The highest BCUT2D eigenvalue weighted by Crippen LogP contribution is 2.27. The van der Waals surface area contributed by atoms with Crippen molar-refractivity contribution in [3.63, 3.8) is 0 Å². The molecule has 0 aliphatic carbocycles. The van der Waals surface area contributed by atoms with Gasteiger partial charge in [-0.15, -0.1) is 0 Å². The molecule has 2 atom stereocenters. The van der Waals surface area contributed by atoms with Crippen molar-refractivity contribution >= 4 is 10.0 Å². The van der Waals surface area contributed by atoms with E-state index in [-0.39, 0.29) is 0 Å². The standard InChI is InChI=1S/C13H23N3O2S/c1-5-15-9-13(12(4)14-15)19(17,18)16-7-10(2)6-11(3)8-16/h9-11H,5-8H2,1-4H3. The van der Waals surface area contributed by atoms with Crippen molar-refractivity contribution in [2.24, 2.45) is 11.8 Å². The molecule has 0 radical (unpaired) electrons. The van der Waals surface area contributed by atoms with Gasteiger partial charge in [0.2, 0.25) is 10.0 Å². The Balaban J connectivity index is 2.33. The van der Waals surface area contributed by atoms with Gasteiger partial charge in [0.1, 0.15) is 4.90 Å². The Morgan fingerprint density at radius 3 is 2.37 bits per heavy atom. The molecular formula is C13H23N3O2S. The zero-order valence-corrected chi connectivity index (χ0v) is 12.9. The van der Waals surface area contributed by atoms with Crippen molar-refractivity contribution in [1.82, 2.24) is 14.1 Å². The Bertz CT molecular complexity index is 540. The van der Waals surface area contributed by atoms with Crippen LogP contribution in [0.1, 0.15) is 32.9 Å². The molecule has 0 aromatic carbocycles. The van der Waals surface area contributed by atoms with E-state index < -0.39 is 10.0 Å². The van der Waals surface area contributed by atoms with Gasteiger partial charge in [-0.3, -0.25) is 4.68 Å². The molecule has 0 saturated carbocycles. The summed E-state index contributed by atoms with van der Waals surface area (Å²) < 4.78 is 28.7. The van der Waals surface area contributed by atoms with Gasteiger partial charge in [-0.2, -0.15) is 9.40 Å². The number of hydrogen-bond acceptors (Lipinski definition) is 3. The van der Waals surface area contributed by atoms with Gasteiger partial charge in [-0.05, 0) is 32.1 Å². The van der Waals surface area contributed by atoms with Crippen LogP contribution in [0, 0.1) is 18.8 Å². The van der Waals surface area contributed by atoms with E-state index in [1.54, 1.807) is 22.1 Å². The summed E-state index contributed by atoms with van der Waals surface area (Å²) in [7, 11) is -3.40. The number of rotatable bonds is 3. The molecule has 0 amide bonds. The lowest BCUT2D eigenvalue weighted by Crippen LogP contribution is -2.42. The number of sulfonamides is 1. The maximum atomic E-state index is 12.7. The van der Waals surface area contributed by atoms with E-state index in [1.165, 1.54) is 0 Å². The molecule has 6 heteroatoms. The SMILES string of the molecule is CCn1cc(S(=O)(=O)N2CC(C)CC(C)C2)c(C)n1. The molecule has 108 valence electrons. The van der Waals surface area contributed by atoms with E-state index in [2.05, 4.69) is 18.9 Å². The summed E-state index contributed by atoms with van der Waals surface area (Å²) in [5.41, 5.74) is 0.590. The van der Waals surface area contributed by atoms with E-state index >= 15 is 0 Å². The average molecular weight is 285 g/mol. The van der Waals surface area contributed by atoms with Crippen LogP contribution in [0.3, 0.4) is 0 Å². The summed E-state index contributed by atoms with van der Waals surface area (Å²) >= 11 is 0. The molecule has 1 aromatic rings. The maximum Gasteiger partial charge on any atom is 0.246 e. The van der Waals surface area contributed by atoms with Gasteiger partial charge in [-0.25, -0.2) is 8.42 Å². The second-order valence-electron chi connectivity index (χ2n) is 5.70. The smallest absolute Gasteiger partial charge is 0.246 e. The first kappa shape index (κ1) is 14.5. The van der Waals surface area contributed by atoms with Crippen molar-refractivity contribution in [1.29, 1.82) is 0 Å². The van der Waals surface area contributed by atoms with Crippen LogP contribution >= 0.6 is 0 Å². The van der Waals surface area contributed by atoms with Gasteiger partial charge in [0.05, 0.1) is 5.69 Å². The summed E-state index contributed by atoms with van der Waals surface area (Å²) in [5.74, 6) is 0.833. The second-order valence-corrected chi connectivity index (χ2v) is 7.61. The predicted molar refractivity (Wildman–Crippen MR) is 74.3 cm³/mol. The Morgan fingerprint density at radius 2 is 1.89 bits per heavy atom. The minimum atomic E-state index is -3.40. The van der Waals surface area contributed by atoms with Crippen molar-refractivity contribution in [3.05, 3.63) is 11.9 Å². The quantitative estimate of drug-likeness (QED) is 0.852. The fourth-order valence-corrected chi connectivity index (χ4v) is 4.70. The minimum Gasteiger partial charge on any atom is -0.271 e. The number of aryl methyl sites for hydroxylation is 2. The summed E-state index contributed by atoms with van der Waals surface area (Å²) in [5, 5.41) is 4.24. The molecule has 0 spiro atoms. The first-order valence-electron chi connectivity index (χ1n) is 6.88.